The van der Waals surface area contributed by atoms with E-state index in [1.807, 2.05) is 0 Å². The number of hydrogen-bond acceptors (Lipinski definition) is 1. The molecule has 2 bridgehead atoms. The molecule has 11 heavy (non-hydrogen) atoms. The number of hydrogen-bond donors (Lipinski definition) is 1. The quantitative estimate of drug-likeness (QED) is 0.572. The molecule has 0 aliphatic carbocycles. The van der Waals surface area contributed by atoms with E-state index in [4.69, 9.17) is 0 Å². The van der Waals surface area contributed by atoms with Crippen molar-refractivity contribution in [1.82, 2.24) is 5.32 Å². The second kappa shape index (κ2) is 2.41. The average molecular weight is 161 g/mol. The van der Waals surface area contributed by atoms with Crippen molar-refractivity contribution < 1.29 is 8.78 Å². The second-order valence-corrected chi connectivity index (χ2v) is 3.76. The molecule has 0 radical (unpaired) electrons. The van der Waals surface area contributed by atoms with Gasteiger partial charge in [-0.3, -0.25) is 0 Å². The molecule has 64 valence electrons. The molecule has 0 spiro atoms. The zero-order chi connectivity index (χ0) is 7.90. The second-order valence-electron chi connectivity index (χ2n) is 3.76. The van der Waals surface area contributed by atoms with Crippen molar-refractivity contribution >= 4 is 0 Å². The van der Waals surface area contributed by atoms with Crippen LogP contribution >= 0.6 is 0 Å². The summed E-state index contributed by atoms with van der Waals surface area (Å²) in [6.07, 6.45) is 3.11. The van der Waals surface area contributed by atoms with Gasteiger partial charge in [0.05, 0.1) is 0 Å². The molecule has 2 saturated heterocycles. The highest BCUT2D eigenvalue weighted by atomic mass is 19.3. The Labute approximate surface area is 65.2 Å². The Morgan fingerprint density at radius 2 is 1.64 bits per heavy atom. The third-order valence-corrected chi connectivity index (χ3v) is 2.67. The van der Waals surface area contributed by atoms with Crippen LogP contribution in [0.3, 0.4) is 0 Å². The van der Waals surface area contributed by atoms with E-state index in [9.17, 15) is 8.78 Å². The number of fused-ring (bicyclic) bond motifs is 2. The van der Waals surface area contributed by atoms with Crippen LogP contribution in [0.25, 0.3) is 0 Å². The lowest BCUT2D eigenvalue weighted by atomic mass is 9.85. The molecule has 2 aliphatic rings. The van der Waals surface area contributed by atoms with Crippen LogP contribution in [-0.4, -0.2) is 18.0 Å². The number of nitrogens with one attached hydrogen (secondary N) is 1. The summed E-state index contributed by atoms with van der Waals surface area (Å²) in [6.45, 7) is 0. The molecule has 0 amide bonds. The van der Waals surface area contributed by atoms with Gasteiger partial charge in [-0.1, -0.05) is 6.42 Å². The van der Waals surface area contributed by atoms with Gasteiger partial charge in [0, 0.05) is 24.9 Å². The number of alkyl halides is 2. The molecule has 0 aromatic carbocycles. The summed E-state index contributed by atoms with van der Waals surface area (Å²) in [5, 5.41) is 3.23. The summed E-state index contributed by atoms with van der Waals surface area (Å²) in [6, 6.07) is 0.190. The molecule has 0 aromatic rings. The smallest absolute Gasteiger partial charge is 0.251 e. The van der Waals surface area contributed by atoms with E-state index in [1.165, 1.54) is 0 Å². The van der Waals surface area contributed by atoms with Gasteiger partial charge >= 0.3 is 0 Å². The summed E-state index contributed by atoms with van der Waals surface area (Å²) in [5.74, 6) is -2.39. The fraction of sp³-hybridized carbons (Fsp3) is 1.00. The normalized spacial score (nSPS) is 42.0. The minimum Gasteiger partial charge on any atom is -0.311 e. The van der Waals surface area contributed by atoms with E-state index in [2.05, 4.69) is 5.32 Å². The van der Waals surface area contributed by atoms with Gasteiger partial charge < -0.3 is 5.32 Å². The van der Waals surface area contributed by atoms with Gasteiger partial charge in [0.15, 0.2) is 0 Å². The summed E-state index contributed by atoms with van der Waals surface area (Å²) in [7, 11) is 0. The Balaban J connectivity index is 2.05. The molecule has 0 unspecified atom stereocenters. The summed E-state index contributed by atoms with van der Waals surface area (Å²) >= 11 is 0. The highest BCUT2D eigenvalue weighted by molar-refractivity contribution is 4.92. The molecular weight excluding hydrogens is 148 g/mol. The molecular formula is C8H13F2N. The monoisotopic (exact) mass is 161 g/mol. The van der Waals surface area contributed by atoms with Gasteiger partial charge in [-0.05, 0) is 12.8 Å². The van der Waals surface area contributed by atoms with E-state index < -0.39 is 5.92 Å². The Morgan fingerprint density at radius 1 is 1.09 bits per heavy atom. The zero-order valence-corrected chi connectivity index (χ0v) is 6.45. The number of piperidine rings is 2. The van der Waals surface area contributed by atoms with E-state index in [0.29, 0.717) is 0 Å². The van der Waals surface area contributed by atoms with Crippen LogP contribution in [0.15, 0.2) is 0 Å². The lowest BCUT2D eigenvalue weighted by Crippen LogP contribution is -2.52. The summed E-state index contributed by atoms with van der Waals surface area (Å²) in [5.41, 5.74) is 0. The number of halogens is 2. The van der Waals surface area contributed by atoms with Crippen molar-refractivity contribution in [2.75, 3.05) is 0 Å². The van der Waals surface area contributed by atoms with Crippen molar-refractivity contribution in [3.63, 3.8) is 0 Å². The van der Waals surface area contributed by atoms with Crippen molar-refractivity contribution in [3.8, 4) is 0 Å². The van der Waals surface area contributed by atoms with Crippen LogP contribution in [0.1, 0.15) is 32.1 Å². The van der Waals surface area contributed by atoms with Gasteiger partial charge in [-0.15, -0.1) is 0 Å². The van der Waals surface area contributed by atoms with E-state index >= 15 is 0 Å². The van der Waals surface area contributed by atoms with Crippen LogP contribution in [0.2, 0.25) is 0 Å². The van der Waals surface area contributed by atoms with Crippen LogP contribution in [-0.2, 0) is 0 Å². The van der Waals surface area contributed by atoms with Crippen molar-refractivity contribution in [2.45, 2.75) is 50.1 Å². The van der Waals surface area contributed by atoms with E-state index in [-0.39, 0.29) is 24.9 Å². The first-order valence-corrected chi connectivity index (χ1v) is 4.30. The minimum atomic E-state index is -2.39. The highest BCUT2D eigenvalue weighted by Crippen LogP contribution is 2.36. The lowest BCUT2D eigenvalue weighted by Gasteiger charge is -2.40. The first-order valence-electron chi connectivity index (χ1n) is 4.30. The Kier molecular flexibility index (Phi) is 1.63. The topological polar surface area (TPSA) is 12.0 Å². The van der Waals surface area contributed by atoms with Gasteiger partial charge in [-0.25, -0.2) is 8.78 Å². The standard InChI is InChI=1S/C8H13F2N/c9-8(10)4-6-2-1-3-7(5-8)11-6/h6-7,11H,1-5H2/t6-,7+. The molecule has 2 atom stereocenters. The van der Waals surface area contributed by atoms with Crippen LogP contribution in [0, 0.1) is 0 Å². The maximum Gasteiger partial charge on any atom is 0.251 e. The predicted molar refractivity (Wildman–Crippen MR) is 38.7 cm³/mol. The van der Waals surface area contributed by atoms with Crippen molar-refractivity contribution in [1.29, 1.82) is 0 Å². The molecule has 2 rings (SSSR count). The maximum atomic E-state index is 12.9. The fourth-order valence-corrected chi connectivity index (χ4v) is 2.24. The van der Waals surface area contributed by atoms with Gasteiger partial charge in [0.2, 0.25) is 0 Å². The third kappa shape index (κ3) is 1.53. The molecule has 3 heteroatoms. The zero-order valence-electron chi connectivity index (χ0n) is 6.45. The molecule has 1 N–H and O–H groups in total. The van der Waals surface area contributed by atoms with Crippen molar-refractivity contribution in [2.24, 2.45) is 0 Å². The van der Waals surface area contributed by atoms with Gasteiger partial charge in [-0.2, -0.15) is 0 Å². The molecule has 2 fully saturated rings. The molecule has 0 saturated carbocycles. The molecule has 0 aromatic heterocycles. The predicted octanol–water partition coefficient (Wildman–Crippen LogP) is 1.93. The van der Waals surface area contributed by atoms with E-state index in [1.54, 1.807) is 0 Å². The average Bonchev–Trinajstić information content (AvgIpc) is 1.82. The van der Waals surface area contributed by atoms with Crippen LogP contribution in [0.5, 0.6) is 0 Å². The maximum absolute atomic E-state index is 12.9. The van der Waals surface area contributed by atoms with Crippen LogP contribution in [0.4, 0.5) is 8.78 Å². The number of rotatable bonds is 0. The molecule has 2 heterocycles. The molecule has 2 aliphatic heterocycles. The summed E-state index contributed by atoms with van der Waals surface area (Å²) in [4.78, 5) is 0. The SMILES string of the molecule is FC1(F)C[C@H]2CCC[C@@H](C1)N2. The highest BCUT2D eigenvalue weighted by Gasteiger charge is 2.42. The molecule has 1 nitrogen and oxygen atoms in total. The van der Waals surface area contributed by atoms with Crippen LogP contribution < -0.4 is 5.32 Å². The lowest BCUT2D eigenvalue weighted by molar-refractivity contribution is -0.0648. The van der Waals surface area contributed by atoms with Gasteiger partial charge in [0.25, 0.3) is 5.92 Å². The summed E-state index contributed by atoms with van der Waals surface area (Å²) < 4.78 is 25.8. The largest absolute Gasteiger partial charge is 0.311 e. The van der Waals surface area contributed by atoms with Crippen molar-refractivity contribution in [3.05, 3.63) is 0 Å². The van der Waals surface area contributed by atoms with E-state index in [0.717, 1.165) is 19.3 Å². The first-order chi connectivity index (χ1) is 5.16. The fourth-order valence-electron chi connectivity index (χ4n) is 2.24. The third-order valence-electron chi connectivity index (χ3n) is 2.67. The minimum absolute atomic E-state index is 0.0590. The Bertz CT molecular complexity index is 144. The Hall–Kier alpha value is -0.180. The first kappa shape index (κ1) is 7.47. The Morgan fingerprint density at radius 3 is 2.18 bits per heavy atom. The van der Waals surface area contributed by atoms with Gasteiger partial charge in [0.1, 0.15) is 0 Å².